The van der Waals surface area contributed by atoms with E-state index in [9.17, 15) is 4.79 Å². The van der Waals surface area contributed by atoms with Gasteiger partial charge in [-0.05, 0) is 59.5 Å². The lowest BCUT2D eigenvalue weighted by Gasteiger charge is -2.17. The van der Waals surface area contributed by atoms with Gasteiger partial charge in [-0.15, -0.1) is 0 Å². The molecule has 1 aromatic heterocycles. The molecular formula is C27H22ClNO6. The van der Waals surface area contributed by atoms with Crippen LogP contribution >= 0.6 is 0 Å². The molecule has 0 unspecified atom stereocenters. The average Bonchev–Trinajstić information content (AvgIpc) is 3.34. The summed E-state index contributed by atoms with van der Waals surface area (Å²) in [5.74, 6) is 2.66. The molecule has 4 aromatic rings. The van der Waals surface area contributed by atoms with E-state index in [0.29, 0.717) is 22.8 Å². The minimum atomic E-state index is -0.464. The van der Waals surface area contributed by atoms with Crippen molar-refractivity contribution < 1.29 is 45.5 Å². The predicted octanol–water partition coefficient (Wildman–Crippen LogP) is 1.32. The van der Waals surface area contributed by atoms with Crippen molar-refractivity contribution in [2.45, 2.75) is 13.0 Å². The first kappa shape index (κ1) is 22.8. The lowest BCUT2D eigenvalue weighted by atomic mass is 9.95. The van der Waals surface area contributed by atoms with E-state index in [0.717, 1.165) is 46.5 Å². The van der Waals surface area contributed by atoms with E-state index in [2.05, 4.69) is 16.7 Å². The molecule has 0 fully saturated rings. The maximum absolute atomic E-state index is 12.9. The maximum Gasteiger partial charge on any atom is 0.343 e. The minimum absolute atomic E-state index is 0. The second-order valence-corrected chi connectivity index (χ2v) is 8.18. The number of pyridine rings is 1. The van der Waals surface area contributed by atoms with Crippen LogP contribution in [0.3, 0.4) is 0 Å². The summed E-state index contributed by atoms with van der Waals surface area (Å²) in [7, 11) is 3.15. The molecule has 0 aliphatic carbocycles. The Kier molecular flexibility index (Phi) is 5.86. The molecular weight excluding hydrogens is 470 g/mol. The summed E-state index contributed by atoms with van der Waals surface area (Å²) in [5.41, 5.74) is 3.84. The van der Waals surface area contributed by atoms with Crippen LogP contribution in [-0.4, -0.2) is 27.0 Å². The molecule has 0 N–H and O–H groups in total. The third-order valence-electron chi connectivity index (χ3n) is 6.32. The fraction of sp³-hybridized carbons (Fsp3) is 0.185. The van der Waals surface area contributed by atoms with Crippen LogP contribution in [0.5, 0.6) is 28.7 Å². The molecule has 2 aliphatic rings. The van der Waals surface area contributed by atoms with Crippen molar-refractivity contribution in [2.75, 3.05) is 21.0 Å². The van der Waals surface area contributed by atoms with Crippen molar-refractivity contribution in [1.82, 2.24) is 0 Å². The van der Waals surface area contributed by atoms with Gasteiger partial charge in [-0.2, -0.15) is 4.57 Å². The summed E-state index contributed by atoms with van der Waals surface area (Å²) in [6, 6.07) is 16.8. The van der Waals surface area contributed by atoms with Crippen molar-refractivity contribution in [1.29, 1.82) is 0 Å². The maximum atomic E-state index is 12.9. The van der Waals surface area contributed by atoms with Crippen molar-refractivity contribution in [3.8, 4) is 40.0 Å². The highest BCUT2D eigenvalue weighted by Gasteiger charge is 2.29. The van der Waals surface area contributed by atoms with Crippen LogP contribution in [0.25, 0.3) is 22.0 Å². The van der Waals surface area contributed by atoms with Crippen LogP contribution in [0.2, 0.25) is 0 Å². The van der Waals surface area contributed by atoms with Crippen LogP contribution < -0.4 is 40.7 Å². The fourth-order valence-corrected chi connectivity index (χ4v) is 4.54. The molecule has 35 heavy (non-hydrogen) atoms. The van der Waals surface area contributed by atoms with Crippen molar-refractivity contribution in [3.05, 3.63) is 71.9 Å². The number of aryl methyl sites for hydroxylation is 2. The largest absolute Gasteiger partial charge is 1.00 e. The van der Waals surface area contributed by atoms with Gasteiger partial charge in [0.25, 0.3) is 0 Å². The molecule has 8 heteroatoms. The highest BCUT2D eigenvalue weighted by molar-refractivity contribution is 5.97. The Morgan fingerprint density at radius 1 is 0.943 bits per heavy atom. The van der Waals surface area contributed by atoms with Crippen LogP contribution in [0, 0.1) is 0 Å². The standard InChI is InChI=1S/C27H22NO6.ClH/c1-30-19-6-3-16(4-7-19)27(29)34-26-21-14-28-10-9-18-12-24-25(33-15-32-24)13-20(18)22(28)11-17(21)5-8-23(26)31-2;/h3-8,11-14H,9-10,15H2,1-2H3;1H/q+1;/p-1. The number of carbonyl (C=O) groups excluding carboxylic acids is 1. The van der Waals surface area contributed by atoms with Crippen molar-refractivity contribution >= 4 is 16.7 Å². The van der Waals surface area contributed by atoms with Crippen LogP contribution in [0.4, 0.5) is 0 Å². The number of hydrogen-bond donors (Lipinski definition) is 0. The number of aromatic nitrogens is 1. The molecule has 7 nitrogen and oxygen atoms in total. The minimum Gasteiger partial charge on any atom is -1.00 e. The van der Waals surface area contributed by atoms with Gasteiger partial charge in [0.1, 0.15) is 5.75 Å². The number of esters is 1. The Morgan fingerprint density at radius 3 is 2.46 bits per heavy atom. The lowest BCUT2D eigenvalue weighted by molar-refractivity contribution is -0.686. The highest BCUT2D eigenvalue weighted by atomic mass is 35.5. The van der Waals surface area contributed by atoms with Gasteiger partial charge in [0.15, 0.2) is 35.7 Å². The topological polar surface area (TPSA) is 67.1 Å². The number of methoxy groups -OCH3 is 2. The van der Waals surface area contributed by atoms with E-state index in [1.54, 1.807) is 38.5 Å². The molecule has 0 radical (unpaired) electrons. The first-order valence-corrected chi connectivity index (χ1v) is 11.0. The Balaban J connectivity index is 0.00000253. The summed E-state index contributed by atoms with van der Waals surface area (Å²) >= 11 is 0. The van der Waals surface area contributed by atoms with E-state index in [1.165, 1.54) is 5.56 Å². The van der Waals surface area contributed by atoms with Gasteiger partial charge in [0, 0.05) is 12.5 Å². The highest BCUT2D eigenvalue weighted by Crippen LogP contribution is 2.41. The average molecular weight is 492 g/mol. The van der Waals surface area contributed by atoms with E-state index in [-0.39, 0.29) is 19.2 Å². The van der Waals surface area contributed by atoms with Gasteiger partial charge in [0.2, 0.25) is 12.5 Å². The van der Waals surface area contributed by atoms with Gasteiger partial charge in [-0.3, -0.25) is 0 Å². The van der Waals surface area contributed by atoms with E-state index in [4.69, 9.17) is 23.7 Å². The number of nitrogens with zero attached hydrogens (tertiary/aromatic N) is 1. The summed E-state index contributed by atoms with van der Waals surface area (Å²) in [5, 5.41) is 1.74. The van der Waals surface area contributed by atoms with Gasteiger partial charge in [0.05, 0.1) is 30.7 Å². The zero-order valence-electron chi connectivity index (χ0n) is 19.2. The molecule has 3 aromatic carbocycles. The second kappa shape index (κ2) is 9.00. The smallest absolute Gasteiger partial charge is 0.343 e. The Labute approximate surface area is 208 Å². The van der Waals surface area contributed by atoms with Crippen LogP contribution in [0.1, 0.15) is 15.9 Å². The third kappa shape index (κ3) is 3.88. The molecule has 0 atom stereocenters. The number of hydrogen-bond acceptors (Lipinski definition) is 6. The van der Waals surface area contributed by atoms with Crippen LogP contribution in [-0.2, 0) is 13.0 Å². The van der Waals surface area contributed by atoms with Crippen molar-refractivity contribution in [2.24, 2.45) is 0 Å². The Hall–Kier alpha value is -3.97. The third-order valence-corrected chi connectivity index (χ3v) is 6.32. The van der Waals surface area contributed by atoms with E-state index in [1.807, 2.05) is 24.4 Å². The summed E-state index contributed by atoms with van der Waals surface area (Å²) in [4.78, 5) is 12.9. The fourth-order valence-electron chi connectivity index (χ4n) is 4.54. The van der Waals surface area contributed by atoms with Gasteiger partial charge in [-0.25, -0.2) is 4.79 Å². The number of fused-ring (bicyclic) bond motifs is 5. The Morgan fingerprint density at radius 2 is 1.71 bits per heavy atom. The molecule has 6 rings (SSSR count). The number of benzene rings is 3. The molecule has 0 amide bonds. The van der Waals surface area contributed by atoms with Crippen molar-refractivity contribution in [3.63, 3.8) is 0 Å². The van der Waals surface area contributed by atoms with Gasteiger partial charge < -0.3 is 36.1 Å². The van der Waals surface area contributed by atoms with E-state index >= 15 is 0 Å². The Bertz CT molecular complexity index is 1450. The first-order chi connectivity index (χ1) is 16.6. The molecule has 0 saturated carbocycles. The number of halogens is 1. The normalized spacial score (nSPS) is 12.9. The summed E-state index contributed by atoms with van der Waals surface area (Å²) < 4.78 is 29.9. The summed E-state index contributed by atoms with van der Waals surface area (Å²) in [6.07, 6.45) is 2.89. The first-order valence-electron chi connectivity index (χ1n) is 11.0. The number of ether oxygens (including phenoxy) is 5. The SMILES string of the molecule is COc1ccc(C(=O)Oc2c(OC)ccc3cc4[n+](cc23)CCc2cc3c(cc2-4)OCO3)cc1.[Cl-]. The molecule has 0 spiro atoms. The molecule has 3 heterocycles. The lowest BCUT2D eigenvalue weighted by Crippen LogP contribution is -3.00. The predicted molar refractivity (Wildman–Crippen MR) is 124 cm³/mol. The molecule has 0 saturated heterocycles. The molecule has 178 valence electrons. The van der Waals surface area contributed by atoms with Crippen LogP contribution in [0.15, 0.2) is 60.8 Å². The summed E-state index contributed by atoms with van der Waals surface area (Å²) in [6.45, 7) is 1.04. The number of carbonyl (C=O) groups is 1. The number of rotatable bonds is 4. The van der Waals surface area contributed by atoms with E-state index < -0.39 is 5.97 Å². The zero-order chi connectivity index (χ0) is 23.2. The monoisotopic (exact) mass is 491 g/mol. The second-order valence-electron chi connectivity index (χ2n) is 8.18. The quantitative estimate of drug-likeness (QED) is 0.244. The molecule has 0 bridgehead atoms. The van der Waals surface area contributed by atoms with Gasteiger partial charge in [-0.1, -0.05) is 0 Å². The van der Waals surface area contributed by atoms with Gasteiger partial charge >= 0.3 is 5.97 Å². The molecule has 2 aliphatic heterocycles. The zero-order valence-corrected chi connectivity index (χ0v) is 19.9.